The van der Waals surface area contributed by atoms with Crippen LogP contribution in [0, 0.1) is 5.92 Å². The van der Waals surface area contributed by atoms with Gasteiger partial charge in [0, 0.05) is 43.0 Å². The first-order valence-electron chi connectivity index (χ1n) is 13.1. The Morgan fingerprint density at radius 1 is 1.19 bits per heavy atom. The standard InChI is InChI=1S/C29H40N4O2S/c1-5-33-19-22-12-14-36-32(4)25-16-23(17-26(33)28(22)25)29(35)31-24(15-21-9-7-6-8-10-21)27(34)18-30-13-11-20(2)3/h6-10,16-17,19-20,24,27,30,34H,5,11-15,18H2,1-4H3,(H,31,35)/t24-,27+/m0/s1. The maximum atomic E-state index is 13.6. The Morgan fingerprint density at radius 2 is 1.97 bits per heavy atom. The number of benzene rings is 2. The van der Waals surface area contributed by atoms with Gasteiger partial charge in [-0.25, -0.2) is 0 Å². The van der Waals surface area contributed by atoms with E-state index in [-0.39, 0.29) is 5.91 Å². The minimum absolute atomic E-state index is 0.150. The number of rotatable bonds is 11. The number of amides is 1. The molecule has 194 valence electrons. The number of hydrogen-bond donors (Lipinski definition) is 3. The van der Waals surface area contributed by atoms with Gasteiger partial charge in [-0.2, -0.15) is 0 Å². The molecule has 2 aromatic carbocycles. The number of carbonyl (C=O) groups excluding carboxylic acids is 1. The molecule has 0 saturated heterocycles. The lowest BCUT2D eigenvalue weighted by Crippen LogP contribution is -2.49. The number of aromatic nitrogens is 1. The van der Waals surface area contributed by atoms with Crippen molar-refractivity contribution in [1.29, 1.82) is 0 Å². The lowest BCUT2D eigenvalue weighted by Gasteiger charge is -2.25. The summed E-state index contributed by atoms with van der Waals surface area (Å²) >= 11 is 1.78. The topological polar surface area (TPSA) is 69.5 Å². The summed E-state index contributed by atoms with van der Waals surface area (Å²) in [5.74, 6) is 1.47. The highest BCUT2D eigenvalue weighted by Gasteiger charge is 2.25. The Bertz CT molecular complexity index is 1160. The zero-order chi connectivity index (χ0) is 25.7. The second kappa shape index (κ2) is 12.2. The van der Waals surface area contributed by atoms with Gasteiger partial charge in [-0.3, -0.25) is 4.79 Å². The lowest BCUT2D eigenvalue weighted by molar-refractivity contribution is 0.0830. The molecular formula is C29H40N4O2S. The van der Waals surface area contributed by atoms with E-state index in [9.17, 15) is 9.90 Å². The third-order valence-corrected chi connectivity index (χ3v) is 7.94. The van der Waals surface area contributed by atoms with E-state index in [1.54, 1.807) is 11.9 Å². The number of anilines is 1. The maximum absolute atomic E-state index is 13.6. The Balaban J connectivity index is 1.59. The van der Waals surface area contributed by atoms with Gasteiger partial charge >= 0.3 is 0 Å². The third-order valence-electron chi connectivity index (χ3n) is 6.97. The maximum Gasteiger partial charge on any atom is 0.251 e. The van der Waals surface area contributed by atoms with Gasteiger partial charge in [0.15, 0.2) is 0 Å². The molecule has 3 aromatic rings. The highest BCUT2D eigenvalue weighted by molar-refractivity contribution is 8.00. The summed E-state index contributed by atoms with van der Waals surface area (Å²) < 4.78 is 4.42. The number of hydrogen-bond acceptors (Lipinski definition) is 5. The van der Waals surface area contributed by atoms with Crippen LogP contribution in [-0.4, -0.2) is 53.6 Å². The molecule has 1 aromatic heterocycles. The molecule has 0 aliphatic carbocycles. The van der Waals surface area contributed by atoms with Crippen molar-refractivity contribution in [2.45, 2.75) is 58.7 Å². The van der Waals surface area contributed by atoms with Crippen LogP contribution in [0.25, 0.3) is 10.9 Å². The van der Waals surface area contributed by atoms with E-state index in [0.29, 0.717) is 24.4 Å². The molecule has 7 heteroatoms. The summed E-state index contributed by atoms with van der Waals surface area (Å²) in [6.45, 7) is 8.66. The zero-order valence-corrected chi connectivity index (χ0v) is 22.8. The van der Waals surface area contributed by atoms with Crippen molar-refractivity contribution >= 4 is 34.4 Å². The predicted octanol–water partition coefficient (Wildman–Crippen LogP) is 4.64. The number of carbonyl (C=O) groups is 1. The summed E-state index contributed by atoms with van der Waals surface area (Å²) in [7, 11) is 2.07. The number of aliphatic hydroxyl groups excluding tert-OH is 1. The van der Waals surface area contributed by atoms with E-state index in [4.69, 9.17) is 0 Å². The molecule has 2 heterocycles. The van der Waals surface area contributed by atoms with Crippen molar-refractivity contribution in [3.63, 3.8) is 0 Å². The van der Waals surface area contributed by atoms with Gasteiger partial charge in [0.05, 0.1) is 23.3 Å². The largest absolute Gasteiger partial charge is 0.390 e. The van der Waals surface area contributed by atoms with Crippen molar-refractivity contribution in [3.05, 3.63) is 65.4 Å². The molecule has 0 saturated carbocycles. The fraction of sp³-hybridized carbons (Fsp3) is 0.483. The molecule has 1 aliphatic heterocycles. The van der Waals surface area contributed by atoms with Crippen LogP contribution in [0.4, 0.5) is 5.69 Å². The van der Waals surface area contributed by atoms with E-state index < -0.39 is 12.1 Å². The van der Waals surface area contributed by atoms with Gasteiger partial charge in [0.1, 0.15) is 0 Å². The van der Waals surface area contributed by atoms with Gasteiger partial charge in [-0.15, -0.1) is 0 Å². The third kappa shape index (κ3) is 6.25. The minimum atomic E-state index is -0.698. The van der Waals surface area contributed by atoms with Crippen molar-refractivity contribution in [2.24, 2.45) is 5.92 Å². The van der Waals surface area contributed by atoms with E-state index in [1.807, 2.05) is 42.5 Å². The second-order valence-electron chi connectivity index (χ2n) is 10.1. The zero-order valence-electron chi connectivity index (χ0n) is 22.0. The van der Waals surface area contributed by atoms with Crippen LogP contribution in [0.15, 0.2) is 48.7 Å². The first-order valence-corrected chi connectivity index (χ1v) is 14.1. The molecule has 36 heavy (non-hydrogen) atoms. The SMILES string of the molecule is CCn1cc2c3c(cc(C(=O)N[C@@H](Cc4ccccc4)[C@H](O)CNCCC(C)C)cc31)N(C)SCC2. The highest BCUT2D eigenvalue weighted by atomic mass is 32.2. The van der Waals surface area contributed by atoms with E-state index in [1.165, 1.54) is 10.9 Å². The quantitative estimate of drug-likeness (QED) is 0.260. The summed E-state index contributed by atoms with van der Waals surface area (Å²) in [5, 5.41) is 18.9. The molecular weight excluding hydrogens is 468 g/mol. The lowest BCUT2D eigenvalue weighted by atomic mass is 9.99. The normalized spacial score (nSPS) is 15.2. The number of aliphatic hydroxyl groups is 1. The van der Waals surface area contributed by atoms with Gasteiger partial charge in [-0.05, 0) is 73.9 Å². The van der Waals surface area contributed by atoms with Crippen LogP contribution in [-0.2, 0) is 19.4 Å². The first kappa shape index (κ1) is 26.6. The molecule has 1 aliphatic rings. The smallest absolute Gasteiger partial charge is 0.251 e. The van der Waals surface area contributed by atoms with Crippen molar-refractivity contribution in [3.8, 4) is 0 Å². The van der Waals surface area contributed by atoms with Crippen molar-refractivity contribution in [2.75, 3.05) is 30.2 Å². The summed E-state index contributed by atoms with van der Waals surface area (Å²) in [5.41, 5.74) is 5.24. The number of aryl methyl sites for hydroxylation is 2. The fourth-order valence-corrected chi connectivity index (χ4v) is 5.74. The molecule has 3 N–H and O–H groups in total. The molecule has 2 atom stereocenters. The average molecular weight is 509 g/mol. The minimum Gasteiger partial charge on any atom is -0.390 e. The van der Waals surface area contributed by atoms with E-state index >= 15 is 0 Å². The van der Waals surface area contributed by atoms with Crippen molar-refractivity contribution in [1.82, 2.24) is 15.2 Å². The van der Waals surface area contributed by atoms with Crippen LogP contribution in [0.3, 0.4) is 0 Å². The van der Waals surface area contributed by atoms with Gasteiger partial charge < -0.3 is 24.6 Å². The van der Waals surface area contributed by atoms with Gasteiger partial charge in [0.25, 0.3) is 5.91 Å². The Labute approximate surface area is 219 Å². The van der Waals surface area contributed by atoms with Crippen molar-refractivity contribution < 1.29 is 9.90 Å². The molecule has 6 nitrogen and oxygen atoms in total. The van der Waals surface area contributed by atoms with E-state index in [2.05, 4.69) is 53.5 Å². The van der Waals surface area contributed by atoms with Crippen LogP contribution < -0.4 is 14.9 Å². The summed E-state index contributed by atoms with van der Waals surface area (Å²) in [4.78, 5) is 13.6. The number of nitrogens with one attached hydrogen (secondary N) is 2. The summed E-state index contributed by atoms with van der Waals surface area (Å²) in [6.07, 6.45) is 4.18. The van der Waals surface area contributed by atoms with Gasteiger partial charge in [-0.1, -0.05) is 44.2 Å². The average Bonchev–Trinajstić information content (AvgIpc) is 3.15. The van der Waals surface area contributed by atoms with Gasteiger partial charge in [0.2, 0.25) is 0 Å². The van der Waals surface area contributed by atoms with E-state index in [0.717, 1.165) is 48.5 Å². The molecule has 0 bridgehead atoms. The molecule has 0 unspecified atom stereocenters. The second-order valence-corrected chi connectivity index (χ2v) is 11.3. The summed E-state index contributed by atoms with van der Waals surface area (Å²) in [6, 6.07) is 13.7. The highest BCUT2D eigenvalue weighted by Crippen LogP contribution is 2.38. The molecule has 4 rings (SSSR count). The fourth-order valence-electron chi connectivity index (χ4n) is 4.87. The Hall–Kier alpha value is -2.48. The predicted molar refractivity (Wildman–Crippen MR) is 152 cm³/mol. The Morgan fingerprint density at radius 3 is 2.69 bits per heavy atom. The monoisotopic (exact) mass is 508 g/mol. The van der Waals surface area contributed by atoms with Crippen LogP contribution >= 0.6 is 11.9 Å². The first-order chi connectivity index (χ1) is 17.4. The molecule has 0 fully saturated rings. The Kier molecular flexibility index (Phi) is 8.99. The van der Waals surface area contributed by atoms with Crippen LogP contribution in [0.1, 0.15) is 48.7 Å². The molecule has 0 radical (unpaired) electrons. The number of nitrogens with zero attached hydrogens (tertiary/aromatic N) is 2. The van der Waals surface area contributed by atoms with Crippen LogP contribution in [0.5, 0.6) is 0 Å². The van der Waals surface area contributed by atoms with Crippen LogP contribution in [0.2, 0.25) is 0 Å². The molecule has 0 spiro atoms. The molecule has 1 amide bonds.